The van der Waals surface area contributed by atoms with Crippen LogP contribution in [0.15, 0.2) is 23.8 Å². The van der Waals surface area contributed by atoms with Crippen molar-refractivity contribution in [3.63, 3.8) is 0 Å². The highest BCUT2D eigenvalue weighted by Crippen LogP contribution is 2.26. The number of carbonyl (C=O) groups is 1. The van der Waals surface area contributed by atoms with Crippen LogP contribution in [0.3, 0.4) is 0 Å². The fraction of sp³-hybridized carbons (Fsp3) is 0.250. The van der Waals surface area contributed by atoms with E-state index in [1.165, 1.54) is 30.8 Å². The molecule has 124 valence electrons. The lowest BCUT2D eigenvalue weighted by molar-refractivity contribution is -0.131. The van der Waals surface area contributed by atoms with E-state index in [0.29, 0.717) is 28.3 Å². The Labute approximate surface area is 142 Å². The van der Waals surface area contributed by atoms with Crippen molar-refractivity contribution in [2.45, 2.75) is 19.4 Å². The Morgan fingerprint density at radius 1 is 1.46 bits per heavy atom. The lowest BCUT2D eigenvalue weighted by Crippen LogP contribution is -1.98. The SMILES string of the molecule is COc1ncc(/C(=C\C(=O)O)c2nc(C#CCC(C)O)cs2)cn1. The lowest BCUT2D eigenvalue weighted by Gasteiger charge is -2.03. The summed E-state index contributed by atoms with van der Waals surface area (Å²) in [7, 11) is 1.45. The van der Waals surface area contributed by atoms with Gasteiger partial charge in [-0.2, -0.15) is 0 Å². The molecule has 2 aromatic rings. The highest BCUT2D eigenvalue weighted by atomic mass is 32.1. The van der Waals surface area contributed by atoms with E-state index in [9.17, 15) is 9.90 Å². The van der Waals surface area contributed by atoms with Crippen molar-refractivity contribution in [3.05, 3.63) is 40.1 Å². The largest absolute Gasteiger partial charge is 0.478 e. The molecule has 2 rings (SSSR count). The maximum absolute atomic E-state index is 11.1. The van der Waals surface area contributed by atoms with Crippen LogP contribution in [0.1, 0.15) is 29.6 Å². The number of hydrogen-bond acceptors (Lipinski definition) is 7. The summed E-state index contributed by atoms with van der Waals surface area (Å²) in [5.74, 6) is 4.55. The van der Waals surface area contributed by atoms with Crippen LogP contribution in [0.4, 0.5) is 0 Å². The summed E-state index contributed by atoms with van der Waals surface area (Å²) in [6, 6.07) is 0.192. The van der Waals surface area contributed by atoms with E-state index in [0.717, 1.165) is 6.08 Å². The molecule has 1 atom stereocenters. The van der Waals surface area contributed by atoms with Gasteiger partial charge in [0.25, 0.3) is 0 Å². The molecule has 24 heavy (non-hydrogen) atoms. The first-order valence-corrected chi connectivity index (χ1v) is 7.81. The average molecular weight is 345 g/mol. The molecule has 0 aliphatic heterocycles. The molecule has 0 bridgehead atoms. The average Bonchev–Trinajstić information content (AvgIpc) is 3.01. The number of ether oxygens (including phenoxy) is 1. The molecule has 0 aromatic carbocycles. The first-order chi connectivity index (χ1) is 11.5. The normalized spacial score (nSPS) is 12.2. The van der Waals surface area contributed by atoms with E-state index in [1.807, 2.05) is 0 Å². The monoisotopic (exact) mass is 345 g/mol. The standard InChI is InChI=1S/C16H15N3O4S/c1-10(20)4-3-5-12-9-24-15(19-12)13(6-14(21)22)11-7-17-16(23-2)18-8-11/h6-10,20H,4H2,1-2H3,(H,21,22)/b13-6+. The number of hydrogen-bond donors (Lipinski definition) is 2. The smallest absolute Gasteiger partial charge is 0.329 e. The second-order valence-corrected chi connectivity index (χ2v) is 5.61. The zero-order valence-electron chi connectivity index (χ0n) is 13.1. The molecule has 0 saturated carbocycles. The lowest BCUT2D eigenvalue weighted by atomic mass is 10.1. The molecular formula is C16H15N3O4S. The van der Waals surface area contributed by atoms with Crippen molar-refractivity contribution < 1.29 is 19.7 Å². The van der Waals surface area contributed by atoms with Crippen LogP contribution in [-0.4, -0.2) is 44.3 Å². The molecule has 8 heteroatoms. The van der Waals surface area contributed by atoms with E-state index in [-0.39, 0.29) is 6.01 Å². The van der Waals surface area contributed by atoms with Crippen molar-refractivity contribution in [2.24, 2.45) is 0 Å². The van der Waals surface area contributed by atoms with Gasteiger partial charge in [-0.25, -0.2) is 19.7 Å². The number of thiazole rings is 1. The predicted molar refractivity (Wildman–Crippen MR) is 88.6 cm³/mol. The predicted octanol–water partition coefficient (Wildman–Crippen LogP) is 1.58. The summed E-state index contributed by atoms with van der Waals surface area (Å²) in [5, 5.41) is 20.5. The van der Waals surface area contributed by atoms with Gasteiger partial charge in [0, 0.05) is 41.4 Å². The highest BCUT2D eigenvalue weighted by molar-refractivity contribution is 7.11. The van der Waals surface area contributed by atoms with Crippen molar-refractivity contribution in [1.29, 1.82) is 0 Å². The van der Waals surface area contributed by atoms with Gasteiger partial charge in [0.05, 0.1) is 13.2 Å². The van der Waals surface area contributed by atoms with Crippen LogP contribution in [0.5, 0.6) is 6.01 Å². The van der Waals surface area contributed by atoms with Crippen molar-refractivity contribution in [1.82, 2.24) is 15.0 Å². The third-order valence-corrected chi connectivity index (χ3v) is 3.61. The molecule has 2 N–H and O–H groups in total. The maximum Gasteiger partial charge on any atom is 0.329 e. The summed E-state index contributed by atoms with van der Waals surface area (Å²) >= 11 is 1.27. The molecule has 1 unspecified atom stereocenters. The van der Waals surface area contributed by atoms with Crippen LogP contribution in [0, 0.1) is 11.8 Å². The zero-order chi connectivity index (χ0) is 17.5. The first kappa shape index (κ1) is 17.6. The van der Waals surface area contributed by atoms with E-state index in [4.69, 9.17) is 9.84 Å². The summed E-state index contributed by atoms with van der Waals surface area (Å²) in [6.07, 6.45) is 3.84. The van der Waals surface area contributed by atoms with Crippen LogP contribution < -0.4 is 4.74 Å². The molecule has 0 radical (unpaired) electrons. The summed E-state index contributed by atoms with van der Waals surface area (Å²) in [4.78, 5) is 23.4. The fourth-order valence-electron chi connectivity index (χ4n) is 1.70. The molecule has 0 amide bonds. The van der Waals surface area contributed by atoms with Gasteiger partial charge in [0.1, 0.15) is 10.7 Å². The minimum atomic E-state index is -1.10. The number of aromatic nitrogens is 3. The number of aliphatic carboxylic acids is 1. The van der Waals surface area contributed by atoms with Crippen LogP contribution in [0.25, 0.3) is 5.57 Å². The van der Waals surface area contributed by atoms with E-state index in [1.54, 1.807) is 12.3 Å². The third-order valence-electron chi connectivity index (χ3n) is 2.74. The Bertz CT molecular complexity index is 801. The summed E-state index contributed by atoms with van der Waals surface area (Å²) in [5.41, 5.74) is 1.41. The molecule has 0 aliphatic carbocycles. The van der Waals surface area contributed by atoms with Gasteiger partial charge in [-0.05, 0) is 12.8 Å². The number of aliphatic hydroxyl groups is 1. The van der Waals surface area contributed by atoms with Gasteiger partial charge < -0.3 is 14.9 Å². The van der Waals surface area contributed by atoms with E-state index < -0.39 is 12.1 Å². The summed E-state index contributed by atoms with van der Waals surface area (Å²) in [6.45, 7) is 1.65. The minimum absolute atomic E-state index is 0.192. The number of aliphatic hydroxyl groups excluding tert-OH is 1. The molecule has 2 heterocycles. The second kappa shape index (κ2) is 8.19. The van der Waals surface area contributed by atoms with Crippen molar-refractivity contribution >= 4 is 22.9 Å². The first-order valence-electron chi connectivity index (χ1n) is 6.93. The van der Waals surface area contributed by atoms with Crippen molar-refractivity contribution in [2.75, 3.05) is 7.11 Å². The quantitative estimate of drug-likeness (QED) is 0.626. The Kier molecular flexibility index (Phi) is 6.01. The van der Waals surface area contributed by atoms with Gasteiger partial charge in [-0.3, -0.25) is 0 Å². The van der Waals surface area contributed by atoms with Gasteiger partial charge in [-0.1, -0.05) is 5.92 Å². The van der Waals surface area contributed by atoms with Crippen molar-refractivity contribution in [3.8, 4) is 17.9 Å². The minimum Gasteiger partial charge on any atom is -0.478 e. The van der Waals surface area contributed by atoms with Gasteiger partial charge >= 0.3 is 12.0 Å². The number of carboxylic acid groups (broad SMARTS) is 1. The van der Waals surface area contributed by atoms with E-state index >= 15 is 0 Å². The van der Waals surface area contributed by atoms with E-state index in [2.05, 4.69) is 26.8 Å². The van der Waals surface area contributed by atoms with Crippen LogP contribution >= 0.6 is 11.3 Å². The fourth-order valence-corrected chi connectivity index (χ4v) is 2.49. The Morgan fingerprint density at radius 2 is 2.17 bits per heavy atom. The maximum atomic E-state index is 11.1. The molecular weight excluding hydrogens is 330 g/mol. The summed E-state index contributed by atoms with van der Waals surface area (Å²) < 4.78 is 4.89. The Balaban J connectivity index is 2.33. The molecule has 7 nitrogen and oxygen atoms in total. The Morgan fingerprint density at radius 3 is 2.75 bits per heavy atom. The zero-order valence-corrected chi connectivity index (χ0v) is 13.9. The van der Waals surface area contributed by atoms with Gasteiger partial charge in [0.15, 0.2) is 0 Å². The third kappa shape index (κ3) is 4.87. The Hall–Kier alpha value is -2.76. The molecule has 0 aliphatic rings. The molecule has 0 fully saturated rings. The topological polar surface area (TPSA) is 105 Å². The number of rotatable bonds is 5. The van der Waals surface area contributed by atoms with Crippen LogP contribution in [-0.2, 0) is 4.79 Å². The van der Waals surface area contributed by atoms with Gasteiger partial charge in [0.2, 0.25) is 0 Å². The highest BCUT2D eigenvalue weighted by Gasteiger charge is 2.13. The molecule has 0 saturated heterocycles. The second-order valence-electron chi connectivity index (χ2n) is 4.75. The van der Waals surface area contributed by atoms with Crippen LogP contribution in [0.2, 0.25) is 0 Å². The number of nitrogens with zero attached hydrogens (tertiary/aromatic N) is 3. The number of methoxy groups -OCH3 is 1. The molecule has 2 aromatic heterocycles. The number of carboxylic acids is 1. The van der Waals surface area contributed by atoms with Gasteiger partial charge in [-0.15, -0.1) is 11.3 Å². The molecule has 0 spiro atoms.